The average Bonchev–Trinajstić information content (AvgIpc) is 3.12. The lowest BCUT2D eigenvalue weighted by molar-refractivity contribution is 0.291. The highest BCUT2D eigenvalue weighted by atomic mass is 16.6. The van der Waals surface area contributed by atoms with Crippen molar-refractivity contribution in [3.8, 4) is 5.69 Å². The summed E-state index contributed by atoms with van der Waals surface area (Å²) in [4.78, 5) is 18.0. The van der Waals surface area contributed by atoms with Crippen molar-refractivity contribution >= 4 is 11.3 Å². The summed E-state index contributed by atoms with van der Waals surface area (Å²) in [6.45, 7) is 4.06. The summed E-state index contributed by atoms with van der Waals surface area (Å²) in [6, 6.07) is 12.3. The predicted molar refractivity (Wildman–Crippen MR) is 117 cm³/mol. The maximum absolute atomic E-state index is 12.5. The number of allylic oxidation sites excluding steroid dienone is 1. The summed E-state index contributed by atoms with van der Waals surface area (Å²) in [5, 5.41) is 7.88. The molecule has 0 unspecified atom stereocenters. The highest BCUT2D eigenvalue weighted by Crippen LogP contribution is 2.34. The number of hydrogen-bond donors (Lipinski definition) is 1. The van der Waals surface area contributed by atoms with Gasteiger partial charge in [0.05, 0.1) is 5.69 Å². The van der Waals surface area contributed by atoms with E-state index in [1.807, 2.05) is 25.1 Å². The summed E-state index contributed by atoms with van der Waals surface area (Å²) in [5.74, 6) is 6.35. The first-order chi connectivity index (χ1) is 14.5. The fourth-order valence-corrected chi connectivity index (χ4v) is 4.22. The first-order valence-corrected chi connectivity index (χ1v) is 10.4. The molecule has 0 atom stereocenters. The monoisotopic (exact) mass is 405 g/mol. The van der Waals surface area contributed by atoms with E-state index in [1.54, 1.807) is 7.05 Å². The molecule has 30 heavy (non-hydrogen) atoms. The zero-order valence-electron chi connectivity index (χ0n) is 17.7. The van der Waals surface area contributed by atoms with Gasteiger partial charge in [-0.2, -0.15) is 15.3 Å². The number of nitrogens with two attached hydrogens (primary N) is 1. The highest BCUT2D eigenvalue weighted by molar-refractivity contribution is 5.90. The van der Waals surface area contributed by atoms with E-state index < -0.39 is 0 Å². The van der Waals surface area contributed by atoms with E-state index in [0.29, 0.717) is 11.4 Å². The SMILES string of the molecule is CCc1cccc(-n2nnn(C)c2=O)c1/C(ON)=C(/C)c1ccc2c(c1)CCCC2. The number of rotatable bonds is 5. The Kier molecular flexibility index (Phi) is 5.55. The number of aryl methyl sites for hydroxylation is 4. The number of benzene rings is 2. The molecule has 3 aromatic rings. The fraction of sp³-hybridized carbons (Fsp3) is 0.348. The maximum atomic E-state index is 12.5. The lowest BCUT2D eigenvalue weighted by atomic mass is 9.88. The molecular weight excluding hydrogens is 378 g/mol. The second-order valence-corrected chi connectivity index (χ2v) is 7.72. The third kappa shape index (κ3) is 3.45. The molecule has 2 aromatic carbocycles. The van der Waals surface area contributed by atoms with Gasteiger partial charge in [0.25, 0.3) is 0 Å². The lowest BCUT2D eigenvalue weighted by Crippen LogP contribution is -2.23. The van der Waals surface area contributed by atoms with E-state index in [2.05, 4.69) is 35.5 Å². The van der Waals surface area contributed by atoms with Gasteiger partial charge in [0.1, 0.15) is 0 Å². The molecule has 2 N–H and O–H groups in total. The molecule has 1 aliphatic rings. The molecule has 0 bridgehead atoms. The standard InChI is InChI=1S/C23H27N5O2/c1-4-16-10-7-11-20(28-23(29)27(3)25-26-28)21(16)22(30-24)15(2)18-13-12-17-8-5-6-9-19(17)14-18/h7,10-14H,4-6,8-9,24H2,1-3H3/b22-15+. The molecule has 0 spiro atoms. The largest absolute Gasteiger partial charge is 0.410 e. The van der Waals surface area contributed by atoms with Crippen LogP contribution in [-0.4, -0.2) is 19.8 Å². The summed E-state index contributed by atoms with van der Waals surface area (Å²) >= 11 is 0. The van der Waals surface area contributed by atoms with Gasteiger partial charge in [-0.25, -0.2) is 4.79 Å². The molecule has 0 saturated carbocycles. The van der Waals surface area contributed by atoms with Crippen molar-refractivity contribution < 1.29 is 4.84 Å². The van der Waals surface area contributed by atoms with Gasteiger partial charge in [0, 0.05) is 18.2 Å². The van der Waals surface area contributed by atoms with Crippen LogP contribution < -0.4 is 11.6 Å². The van der Waals surface area contributed by atoms with Crippen molar-refractivity contribution in [2.24, 2.45) is 12.9 Å². The van der Waals surface area contributed by atoms with Crippen LogP contribution in [0.2, 0.25) is 0 Å². The summed E-state index contributed by atoms with van der Waals surface area (Å²) in [7, 11) is 1.57. The van der Waals surface area contributed by atoms with Crippen LogP contribution in [0.4, 0.5) is 0 Å². The molecule has 156 valence electrons. The fourth-order valence-electron chi connectivity index (χ4n) is 4.22. The second-order valence-electron chi connectivity index (χ2n) is 7.72. The van der Waals surface area contributed by atoms with Gasteiger partial charge in [0.2, 0.25) is 0 Å². The molecule has 4 rings (SSSR count). The number of nitrogens with zero attached hydrogens (tertiary/aromatic N) is 4. The Balaban J connectivity index is 1.93. The molecule has 0 saturated heterocycles. The zero-order valence-corrected chi connectivity index (χ0v) is 17.7. The van der Waals surface area contributed by atoms with Crippen molar-refractivity contribution in [1.29, 1.82) is 0 Å². The van der Waals surface area contributed by atoms with Crippen LogP contribution in [0.3, 0.4) is 0 Å². The van der Waals surface area contributed by atoms with Gasteiger partial charge in [-0.15, -0.1) is 0 Å². The Morgan fingerprint density at radius 1 is 1.13 bits per heavy atom. The normalized spacial score (nSPS) is 14.3. The average molecular weight is 406 g/mol. The number of tetrazole rings is 1. The number of hydrogen-bond acceptors (Lipinski definition) is 5. The number of aromatic nitrogens is 4. The maximum Gasteiger partial charge on any atom is 0.368 e. The lowest BCUT2D eigenvalue weighted by Gasteiger charge is -2.20. The minimum absolute atomic E-state index is 0.327. The number of fused-ring (bicyclic) bond motifs is 1. The van der Waals surface area contributed by atoms with Crippen molar-refractivity contribution in [1.82, 2.24) is 19.8 Å². The molecule has 1 aliphatic carbocycles. The van der Waals surface area contributed by atoms with E-state index >= 15 is 0 Å². The minimum atomic E-state index is -0.327. The summed E-state index contributed by atoms with van der Waals surface area (Å²) in [5.41, 5.74) is 6.86. The Morgan fingerprint density at radius 2 is 1.90 bits per heavy atom. The minimum Gasteiger partial charge on any atom is -0.410 e. The van der Waals surface area contributed by atoms with Crippen LogP contribution in [0.15, 0.2) is 41.2 Å². The first kappa shape index (κ1) is 20.1. The Morgan fingerprint density at radius 3 is 2.57 bits per heavy atom. The Hall–Kier alpha value is -3.19. The van der Waals surface area contributed by atoms with Gasteiger partial charge >= 0.3 is 5.69 Å². The topological polar surface area (TPSA) is 88.0 Å². The van der Waals surface area contributed by atoms with Gasteiger partial charge < -0.3 is 4.84 Å². The molecule has 7 nitrogen and oxygen atoms in total. The van der Waals surface area contributed by atoms with Crippen molar-refractivity contribution in [3.05, 3.63) is 74.7 Å². The van der Waals surface area contributed by atoms with Crippen LogP contribution in [0, 0.1) is 0 Å². The first-order valence-electron chi connectivity index (χ1n) is 10.4. The van der Waals surface area contributed by atoms with E-state index in [1.165, 1.54) is 33.3 Å². The summed E-state index contributed by atoms with van der Waals surface area (Å²) in [6.07, 6.45) is 5.46. The Labute approximate surface area is 175 Å². The van der Waals surface area contributed by atoms with E-state index in [4.69, 9.17) is 10.7 Å². The van der Waals surface area contributed by atoms with Gasteiger partial charge in [-0.1, -0.05) is 37.3 Å². The van der Waals surface area contributed by atoms with Crippen LogP contribution in [-0.2, 0) is 31.1 Å². The van der Waals surface area contributed by atoms with Crippen LogP contribution in [0.1, 0.15) is 54.5 Å². The molecular formula is C23H27N5O2. The molecule has 7 heteroatoms. The third-order valence-electron chi connectivity index (χ3n) is 5.93. The summed E-state index contributed by atoms with van der Waals surface area (Å²) < 4.78 is 2.49. The predicted octanol–water partition coefficient (Wildman–Crippen LogP) is 3.19. The van der Waals surface area contributed by atoms with Crippen molar-refractivity contribution in [2.75, 3.05) is 0 Å². The van der Waals surface area contributed by atoms with E-state index in [-0.39, 0.29) is 5.69 Å². The van der Waals surface area contributed by atoms with Crippen molar-refractivity contribution in [2.45, 2.75) is 46.0 Å². The smallest absolute Gasteiger partial charge is 0.368 e. The molecule has 0 radical (unpaired) electrons. The quantitative estimate of drug-likeness (QED) is 0.400. The molecule has 0 aliphatic heterocycles. The molecule has 0 fully saturated rings. The zero-order chi connectivity index (χ0) is 21.3. The van der Waals surface area contributed by atoms with Crippen LogP contribution >= 0.6 is 0 Å². The molecule has 0 amide bonds. The second kappa shape index (κ2) is 8.28. The molecule has 1 aromatic heterocycles. The van der Waals surface area contributed by atoms with Gasteiger partial charge in [0.15, 0.2) is 5.76 Å². The Bertz CT molecular complexity index is 1170. The van der Waals surface area contributed by atoms with Crippen LogP contribution in [0.5, 0.6) is 0 Å². The van der Waals surface area contributed by atoms with Crippen LogP contribution in [0.25, 0.3) is 17.0 Å². The molecule has 1 heterocycles. The third-order valence-corrected chi connectivity index (χ3v) is 5.93. The highest BCUT2D eigenvalue weighted by Gasteiger charge is 2.21. The van der Waals surface area contributed by atoms with Crippen molar-refractivity contribution in [3.63, 3.8) is 0 Å². The van der Waals surface area contributed by atoms with E-state index in [9.17, 15) is 4.79 Å². The van der Waals surface area contributed by atoms with Gasteiger partial charge in [-0.3, -0.25) is 0 Å². The van der Waals surface area contributed by atoms with E-state index in [0.717, 1.165) is 41.5 Å². The van der Waals surface area contributed by atoms with Gasteiger partial charge in [-0.05, 0) is 77.8 Å².